The van der Waals surface area contributed by atoms with E-state index < -0.39 is 17.7 Å². The Bertz CT molecular complexity index is 393. The van der Waals surface area contributed by atoms with E-state index in [0.29, 0.717) is 19.4 Å². The Morgan fingerprint density at radius 2 is 2.18 bits per heavy atom. The van der Waals surface area contributed by atoms with Gasteiger partial charge in [0.25, 0.3) is 0 Å². The zero-order valence-corrected chi connectivity index (χ0v) is 13.4. The van der Waals surface area contributed by atoms with E-state index in [1.807, 2.05) is 0 Å². The van der Waals surface area contributed by atoms with Crippen molar-refractivity contribution < 1.29 is 28.6 Å². The second kappa shape index (κ2) is 10.5. The van der Waals surface area contributed by atoms with Crippen molar-refractivity contribution in [3.63, 3.8) is 0 Å². The first kappa shape index (κ1) is 20.8. The number of hydrogen-bond donors (Lipinski definition) is 2. The summed E-state index contributed by atoms with van der Waals surface area (Å²) in [4.78, 5) is 21.8. The van der Waals surface area contributed by atoms with Gasteiger partial charge >= 0.3 is 11.9 Å². The van der Waals surface area contributed by atoms with Gasteiger partial charge in [-0.2, -0.15) is 0 Å². The smallest absolute Gasteiger partial charge is 0.320 e. The number of carboxylic acid groups (broad SMARTS) is 1. The number of ether oxygens (including phenoxy) is 2. The summed E-state index contributed by atoms with van der Waals surface area (Å²) in [5.74, 6) is -1.30. The Morgan fingerprint density at radius 1 is 1.45 bits per heavy atom. The highest BCUT2D eigenvalue weighted by atomic mass is 35.5. The molecule has 0 aliphatic carbocycles. The molecule has 1 unspecified atom stereocenters. The SMILES string of the molecule is CCOC(=O)CC/C=C/COCC1(F)CN[C@@H](C(=O)O)C1.Cl. The lowest BCUT2D eigenvalue weighted by molar-refractivity contribution is -0.143. The molecule has 0 aromatic carbocycles. The van der Waals surface area contributed by atoms with Crippen LogP contribution < -0.4 is 5.32 Å². The van der Waals surface area contributed by atoms with E-state index in [9.17, 15) is 14.0 Å². The van der Waals surface area contributed by atoms with E-state index >= 15 is 0 Å². The molecule has 2 atom stereocenters. The summed E-state index contributed by atoms with van der Waals surface area (Å²) in [5.41, 5.74) is -1.64. The van der Waals surface area contributed by atoms with Gasteiger partial charge in [-0.05, 0) is 13.3 Å². The van der Waals surface area contributed by atoms with Crippen LogP contribution in [-0.2, 0) is 19.1 Å². The van der Waals surface area contributed by atoms with Crippen LogP contribution in [0.15, 0.2) is 12.2 Å². The average Bonchev–Trinajstić information content (AvgIpc) is 2.81. The molecule has 1 aliphatic heterocycles. The van der Waals surface area contributed by atoms with Crippen LogP contribution in [0.3, 0.4) is 0 Å². The Balaban J connectivity index is 0.00000441. The van der Waals surface area contributed by atoms with Crippen molar-refractivity contribution >= 4 is 24.3 Å². The minimum Gasteiger partial charge on any atom is -0.480 e. The summed E-state index contributed by atoms with van der Waals surface area (Å²) in [6.07, 6.45) is 4.25. The largest absolute Gasteiger partial charge is 0.480 e. The number of hydrogen-bond acceptors (Lipinski definition) is 5. The monoisotopic (exact) mass is 339 g/mol. The van der Waals surface area contributed by atoms with Gasteiger partial charge in [-0.25, -0.2) is 4.39 Å². The van der Waals surface area contributed by atoms with Crippen LogP contribution in [0.4, 0.5) is 4.39 Å². The molecule has 0 saturated carbocycles. The van der Waals surface area contributed by atoms with Gasteiger partial charge in [0.2, 0.25) is 0 Å². The Labute approximate surface area is 135 Å². The molecule has 1 heterocycles. The van der Waals surface area contributed by atoms with Crippen molar-refractivity contribution in [3.8, 4) is 0 Å². The molecule has 1 aliphatic rings. The van der Waals surface area contributed by atoms with Crippen molar-refractivity contribution in [3.05, 3.63) is 12.2 Å². The van der Waals surface area contributed by atoms with E-state index in [1.165, 1.54) is 0 Å². The van der Waals surface area contributed by atoms with Gasteiger partial charge in [0.15, 0.2) is 0 Å². The van der Waals surface area contributed by atoms with Crippen molar-refractivity contribution in [1.82, 2.24) is 5.32 Å². The number of allylic oxidation sites excluding steroid dienone is 1. The number of aliphatic carboxylic acids is 1. The second-order valence-corrected chi connectivity index (χ2v) is 4.96. The highest BCUT2D eigenvalue weighted by molar-refractivity contribution is 5.85. The first-order chi connectivity index (χ1) is 9.97. The molecule has 2 N–H and O–H groups in total. The van der Waals surface area contributed by atoms with E-state index in [2.05, 4.69) is 5.32 Å². The van der Waals surface area contributed by atoms with E-state index in [4.69, 9.17) is 14.6 Å². The number of nitrogens with one attached hydrogen (secondary N) is 1. The number of alkyl halides is 1. The van der Waals surface area contributed by atoms with Crippen molar-refractivity contribution in [2.75, 3.05) is 26.4 Å². The summed E-state index contributed by atoms with van der Waals surface area (Å²) >= 11 is 0. The molecule has 1 saturated heterocycles. The molecule has 8 heteroatoms. The van der Waals surface area contributed by atoms with Gasteiger partial charge in [0.05, 0.1) is 19.8 Å². The number of carboxylic acids is 1. The fraction of sp³-hybridized carbons (Fsp3) is 0.714. The molecule has 0 radical (unpaired) electrons. The van der Waals surface area contributed by atoms with Gasteiger partial charge in [-0.3, -0.25) is 9.59 Å². The van der Waals surface area contributed by atoms with Crippen molar-refractivity contribution in [2.45, 2.75) is 37.9 Å². The molecule has 1 fully saturated rings. The minimum atomic E-state index is -1.64. The maximum atomic E-state index is 14.2. The highest BCUT2D eigenvalue weighted by Crippen LogP contribution is 2.24. The lowest BCUT2D eigenvalue weighted by Gasteiger charge is -2.17. The molecule has 22 heavy (non-hydrogen) atoms. The predicted molar refractivity (Wildman–Crippen MR) is 81.0 cm³/mol. The number of carbonyl (C=O) groups is 2. The number of halogens is 2. The summed E-state index contributed by atoms with van der Waals surface area (Å²) in [7, 11) is 0. The number of rotatable bonds is 9. The standard InChI is InChI=1S/C14H22FNO5.ClH/c1-2-21-12(17)6-4-3-5-7-20-10-14(15)8-11(13(18)19)16-9-14;/h3,5,11,16H,2,4,6-10H2,1H3,(H,18,19);1H/b5-3+;/t11-,14?;/m1./s1. The first-order valence-corrected chi connectivity index (χ1v) is 7.00. The average molecular weight is 340 g/mol. The van der Waals surface area contributed by atoms with E-state index in [-0.39, 0.29) is 44.6 Å². The summed E-state index contributed by atoms with van der Waals surface area (Å²) < 4.78 is 24.1. The third-order valence-corrected chi connectivity index (χ3v) is 3.10. The normalized spacial score (nSPS) is 24.2. The summed E-state index contributed by atoms with van der Waals surface area (Å²) in [5, 5.41) is 11.4. The molecule has 0 amide bonds. The number of esters is 1. The van der Waals surface area contributed by atoms with Gasteiger partial charge in [0.1, 0.15) is 11.7 Å². The fourth-order valence-electron chi connectivity index (χ4n) is 2.03. The molecule has 128 valence electrons. The van der Waals surface area contributed by atoms with Crippen molar-refractivity contribution in [2.24, 2.45) is 0 Å². The fourth-order valence-corrected chi connectivity index (χ4v) is 2.03. The van der Waals surface area contributed by atoms with E-state index in [0.717, 1.165) is 0 Å². The van der Waals surface area contributed by atoms with Gasteiger partial charge < -0.3 is 19.9 Å². The zero-order chi connectivity index (χ0) is 15.7. The maximum absolute atomic E-state index is 14.2. The Morgan fingerprint density at radius 3 is 2.77 bits per heavy atom. The van der Waals surface area contributed by atoms with Crippen LogP contribution in [-0.4, -0.2) is 55.1 Å². The zero-order valence-electron chi connectivity index (χ0n) is 12.5. The Kier molecular flexibility index (Phi) is 9.97. The lowest BCUT2D eigenvalue weighted by Crippen LogP contribution is -2.31. The summed E-state index contributed by atoms with van der Waals surface area (Å²) in [6.45, 7) is 2.19. The van der Waals surface area contributed by atoms with Crippen LogP contribution >= 0.6 is 12.4 Å². The molecular weight excluding hydrogens is 317 g/mol. The predicted octanol–water partition coefficient (Wildman–Crippen LogP) is 1.48. The quantitative estimate of drug-likeness (QED) is 0.376. The molecule has 0 aromatic rings. The van der Waals surface area contributed by atoms with Crippen LogP contribution in [0.2, 0.25) is 0 Å². The third-order valence-electron chi connectivity index (χ3n) is 3.10. The molecule has 0 spiro atoms. The van der Waals surface area contributed by atoms with Gasteiger partial charge in [0, 0.05) is 19.4 Å². The van der Waals surface area contributed by atoms with Gasteiger partial charge in [-0.1, -0.05) is 12.2 Å². The second-order valence-electron chi connectivity index (χ2n) is 4.96. The first-order valence-electron chi connectivity index (χ1n) is 7.00. The van der Waals surface area contributed by atoms with Crippen molar-refractivity contribution in [1.29, 1.82) is 0 Å². The third kappa shape index (κ3) is 7.72. The molecule has 1 rings (SSSR count). The molecule has 0 aromatic heterocycles. The van der Waals surface area contributed by atoms with E-state index in [1.54, 1.807) is 19.1 Å². The van der Waals surface area contributed by atoms with Gasteiger partial charge in [-0.15, -0.1) is 12.4 Å². The number of carbonyl (C=O) groups excluding carboxylic acids is 1. The van der Waals surface area contributed by atoms with Crippen LogP contribution in [0.25, 0.3) is 0 Å². The molecule has 0 bridgehead atoms. The topological polar surface area (TPSA) is 84.9 Å². The Hall–Kier alpha value is -1.18. The molecular formula is C14H23ClFNO5. The highest BCUT2D eigenvalue weighted by Gasteiger charge is 2.42. The van der Waals surface area contributed by atoms with Crippen LogP contribution in [0.1, 0.15) is 26.2 Å². The minimum absolute atomic E-state index is 0. The van der Waals surface area contributed by atoms with Crippen LogP contribution in [0, 0.1) is 0 Å². The summed E-state index contributed by atoms with van der Waals surface area (Å²) in [6, 6.07) is -0.848. The maximum Gasteiger partial charge on any atom is 0.320 e. The molecule has 6 nitrogen and oxygen atoms in total. The van der Waals surface area contributed by atoms with Crippen LogP contribution in [0.5, 0.6) is 0 Å². The lowest BCUT2D eigenvalue weighted by atomic mass is 10.0.